The van der Waals surface area contributed by atoms with Crippen LogP contribution >= 0.6 is 0 Å². The summed E-state index contributed by atoms with van der Waals surface area (Å²) in [5, 5.41) is 0.658. The Morgan fingerprint density at radius 3 is 2.57 bits per heavy atom. The second-order valence-corrected chi connectivity index (χ2v) is 5.68. The number of nitrogens with zero attached hydrogens (tertiary/aromatic N) is 2. The predicted octanol–water partition coefficient (Wildman–Crippen LogP) is 3.48. The van der Waals surface area contributed by atoms with Gasteiger partial charge in [-0.15, -0.1) is 0 Å². The van der Waals surface area contributed by atoms with Crippen LogP contribution in [-0.4, -0.2) is 16.2 Å². The molecule has 0 aliphatic carbocycles. The van der Waals surface area contributed by atoms with Crippen LogP contribution in [0, 0.1) is 13.8 Å². The highest BCUT2D eigenvalue weighted by Crippen LogP contribution is 2.22. The zero-order chi connectivity index (χ0) is 16.2. The van der Waals surface area contributed by atoms with Gasteiger partial charge in [0.1, 0.15) is 5.75 Å². The van der Waals surface area contributed by atoms with Crippen molar-refractivity contribution in [1.29, 1.82) is 0 Å². The van der Waals surface area contributed by atoms with Crippen LogP contribution in [0.4, 0.5) is 0 Å². The highest BCUT2D eigenvalue weighted by atomic mass is 16.5. The van der Waals surface area contributed by atoms with E-state index in [-0.39, 0.29) is 5.56 Å². The molecule has 3 rings (SSSR count). The average molecular weight is 308 g/mol. The summed E-state index contributed by atoms with van der Waals surface area (Å²) in [5.74, 6) is 0.941. The molecule has 2 aromatic carbocycles. The molecule has 0 fully saturated rings. The minimum Gasteiger partial charge on any atom is -0.493 e. The maximum atomic E-state index is 12.4. The van der Waals surface area contributed by atoms with Crippen molar-refractivity contribution in [1.82, 2.24) is 9.55 Å². The van der Waals surface area contributed by atoms with E-state index in [2.05, 4.69) is 4.98 Å². The van der Waals surface area contributed by atoms with Gasteiger partial charge in [-0.3, -0.25) is 9.36 Å². The molecule has 0 bridgehead atoms. The van der Waals surface area contributed by atoms with Crippen molar-refractivity contribution in [3.63, 3.8) is 0 Å². The summed E-state index contributed by atoms with van der Waals surface area (Å²) in [6.07, 6.45) is 2.37. The molecule has 0 saturated carbocycles. The molecule has 23 heavy (non-hydrogen) atoms. The SMILES string of the molecule is Cc1cccc(C)c1OCCCn1cnc2ccccc2c1=O. The number of para-hydroxylation sites is 2. The van der Waals surface area contributed by atoms with Crippen molar-refractivity contribution in [3.8, 4) is 5.75 Å². The number of rotatable bonds is 5. The number of hydrogen-bond donors (Lipinski definition) is 0. The summed E-state index contributed by atoms with van der Waals surface area (Å²) in [6, 6.07) is 13.5. The van der Waals surface area contributed by atoms with Crippen molar-refractivity contribution < 1.29 is 4.74 Å². The maximum Gasteiger partial charge on any atom is 0.261 e. The molecule has 0 amide bonds. The number of hydrogen-bond acceptors (Lipinski definition) is 3. The Morgan fingerprint density at radius 2 is 1.78 bits per heavy atom. The van der Waals surface area contributed by atoms with Crippen molar-refractivity contribution in [2.75, 3.05) is 6.61 Å². The minimum absolute atomic E-state index is 0.00247. The van der Waals surface area contributed by atoms with E-state index in [0.717, 1.165) is 28.8 Å². The highest BCUT2D eigenvalue weighted by molar-refractivity contribution is 5.76. The van der Waals surface area contributed by atoms with Gasteiger partial charge in [-0.05, 0) is 43.5 Å². The molecule has 0 spiro atoms. The normalized spacial score (nSPS) is 10.9. The molecular formula is C19H20N2O2. The number of aryl methyl sites for hydroxylation is 3. The molecule has 4 nitrogen and oxygen atoms in total. The number of ether oxygens (including phenoxy) is 1. The Labute approximate surface area is 135 Å². The van der Waals surface area contributed by atoms with Crippen LogP contribution < -0.4 is 10.3 Å². The quantitative estimate of drug-likeness (QED) is 0.678. The van der Waals surface area contributed by atoms with Gasteiger partial charge in [0, 0.05) is 6.54 Å². The van der Waals surface area contributed by atoms with Gasteiger partial charge >= 0.3 is 0 Å². The van der Waals surface area contributed by atoms with E-state index in [1.807, 2.05) is 56.3 Å². The van der Waals surface area contributed by atoms with E-state index in [1.54, 1.807) is 10.9 Å². The third-order valence-corrected chi connectivity index (χ3v) is 3.93. The first kappa shape index (κ1) is 15.3. The van der Waals surface area contributed by atoms with E-state index < -0.39 is 0 Å². The van der Waals surface area contributed by atoms with Crippen molar-refractivity contribution in [2.24, 2.45) is 0 Å². The summed E-state index contributed by atoms with van der Waals surface area (Å²) >= 11 is 0. The van der Waals surface area contributed by atoms with Crippen molar-refractivity contribution in [3.05, 3.63) is 70.3 Å². The Morgan fingerprint density at radius 1 is 1.04 bits per heavy atom. The number of aromatic nitrogens is 2. The molecule has 0 radical (unpaired) electrons. The molecule has 1 aromatic heterocycles. The molecule has 0 N–H and O–H groups in total. The van der Waals surface area contributed by atoms with E-state index in [4.69, 9.17) is 4.74 Å². The van der Waals surface area contributed by atoms with E-state index in [9.17, 15) is 4.79 Å². The molecule has 118 valence electrons. The largest absolute Gasteiger partial charge is 0.493 e. The van der Waals surface area contributed by atoms with E-state index >= 15 is 0 Å². The van der Waals surface area contributed by atoms with Crippen LogP contribution in [0.3, 0.4) is 0 Å². The van der Waals surface area contributed by atoms with Crippen LogP contribution in [0.25, 0.3) is 10.9 Å². The second-order valence-electron chi connectivity index (χ2n) is 5.68. The van der Waals surface area contributed by atoms with Crippen LogP contribution in [0.2, 0.25) is 0 Å². The van der Waals surface area contributed by atoms with Crippen LogP contribution in [0.5, 0.6) is 5.75 Å². The fourth-order valence-electron chi connectivity index (χ4n) is 2.70. The summed E-state index contributed by atoms with van der Waals surface area (Å²) in [4.78, 5) is 16.7. The molecule has 0 saturated heterocycles. The van der Waals surface area contributed by atoms with Crippen LogP contribution in [-0.2, 0) is 6.54 Å². The molecule has 4 heteroatoms. The fourth-order valence-corrected chi connectivity index (χ4v) is 2.70. The maximum absolute atomic E-state index is 12.4. The second kappa shape index (κ2) is 6.65. The van der Waals surface area contributed by atoms with Gasteiger partial charge in [-0.2, -0.15) is 0 Å². The fraction of sp³-hybridized carbons (Fsp3) is 0.263. The first-order chi connectivity index (χ1) is 11.2. The van der Waals surface area contributed by atoms with Crippen molar-refractivity contribution >= 4 is 10.9 Å². The van der Waals surface area contributed by atoms with E-state index in [1.165, 1.54) is 0 Å². The summed E-state index contributed by atoms with van der Waals surface area (Å²) in [5.41, 5.74) is 3.01. The standard InChI is InChI=1S/C19H20N2O2/c1-14-7-5-8-15(2)18(14)23-12-6-11-21-13-20-17-10-4-3-9-16(17)19(21)22/h3-5,7-10,13H,6,11-12H2,1-2H3. The third kappa shape index (κ3) is 3.26. The lowest BCUT2D eigenvalue weighted by Crippen LogP contribution is -2.21. The van der Waals surface area contributed by atoms with Gasteiger partial charge in [0.2, 0.25) is 0 Å². The summed E-state index contributed by atoms with van der Waals surface area (Å²) < 4.78 is 7.53. The predicted molar refractivity (Wildman–Crippen MR) is 92.0 cm³/mol. The zero-order valence-electron chi connectivity index (χ0n) is 13.5. The van der Waals surface area contributed by atoms with Gasteiger partial charge < -0.3 is 4.74 Å². The Balaban J connectivity index is 1.65. The van der Waals surface area contributed by atoms with Crippen molar-refractivity contribution in [2.45, 2.75) is 26.8 Å². The van der Waals surface area contributed by atoms with E-state index in [0.29, 0.717) is 18.5 Å². The number of benzene rings is 2. The third-order valence-electron chi connectivity index (χ3n) is 3.93. The average Bonchev–Trinajstić information content (AvgIpc) is 2.56. The van der Waals surface area contributed by atoms with Gasteiger partial charge in [0.05, 0.1) is 23.8 Å². The lowest BCUT2D eigenvalue weighted by Gasteiger charge is -2.12. The molecule has 1 heterocycles. The van der Waals surface area contributed by atoms with Crippen LogP contribution in [0.1, 0.15) is 17.5 Å². The Bertz CT molecular complexity index is 864. The lowest BCUT2D eigenvalue weighted by atomic mass is 10.1. The summed E-state index contributed by atoms with van der Waals surface area (Å²) in [7, 11) is 0. The first-order valence-corrected chi connectivity index (χ1v) is 7.80. The molecular weight excluding hydrogens is 288 g/mol. The van der Waals surface area contributed by atoms with Gasteiger partial charge in [0.25, 0.3) is 5.56 Å². The Hall–Kier alpha value is -2.62. The Kier molecular flexibility index (Phi) is 4.42. The molecule has 0 unspecified atom stereocenters. The minimum atomic E-state index is 0.00247. The van der Waals surface area contributed by atoms with Gasteiger partial charge in [-0.25, -0.2) is 4.98 Å². The summed E-state index contributed by atoms with van der Waals surface area (Å²) in [6.45, 7) is 5.26. The smallest absolute Gasteiger partial charge is 0.261 e. The first-order valence-electron chi connectivity index (χ1n) is 7.80. The van der Waals surface area contributed by atoms with Crippen LogP contribution in [0.15, 0.2) is 53.6 Å². The zero-order valence-corrected chi connectivity index (χ0v) is 13.5. The molecule has 0 aliphatic rings. The monoisotopic (exact) mass is 308 g/mol. The topological polar surface area (TPSA) is 44.1 Å². The molecule has 0 atom stereocenters. The molecule has 0 aliphatic heterocycles. The van der Waals surface area contributed by atoms with Gasteiger partial charge in [-0.1, -0.05) is 30.3 Å². The highest BCUT2D eigenvalue weighted by Gasteiger charge is 2.05. The lowest BCUT2D eigenvalue weighted by molar-refractivity contribution is 0.297. The number of fused-ring (bicyclic) bond motifs is 1. The molecule has 3 aromatic rings. The van der Waals surface area contributed by atoms with Gasteiger partial charge in [0.15, 0.2) is 0 Å².